The van der Waals surface area contributed by atoms with E-state index in [-0.39, 0.29) is 12.1 Å². The van der Waals surface area contributed by atoms with E-state index in [1.54, 1.807) is 4.90 Å². The van der Waals surface area contributed by atoms with Crippen LogP contribution < -0.4 is 25.3 Å². The maximum absolute atomic E-state index is 12.5. The van der Waals surface area contributed by atoms with Crippen LogP contribution >= 0.6 is 0 Å². The highest BCUT2D eigenvalue weighted by Crippen LogP contribution is 2.18. The second kappa shape index (κ2) is 10.8. The first-order valence-electron chi connectivity index (χ1n) is 11.5. The molecule has 1 saturated carbocycles. The van der Waals surface area contributed by atoms with Gasteiger partial charge in [0.25, 0.3) is 0 Å². The van der Waals surface area contributed by atoms with Crippen molar-refractivity contribution in [2.75, 3.05) is 58.8 Å². The fraction of sp³-hybridized carbons (Fsp3) is 0.652. The molecule has 2 amide bonds. The molecule has 3 rings (SSSR count). The molecule has 166 valence electrons. The van der Waals surface area contributed by atoms with Crippen LogP contribution in [0.3, 0.4) is 0 Å². The molecule has 1 atom stereocenters. The Morgan fingerprint density at radius 3 is 2.23 bits per heavy atom. The molecule has 0 unspecified atom stereocenters. The van der Waals surface area contributed by atoms with E-state index in [4.69, 9.17) is 0 Å². The van der Waals surface area contributed by atoms with Crippen LogP contribution in [0.4, 0.5) is 5.69 Å². The van der Waals surface area contributed by atoms with E-state index in [1.807, 2.05) is 14.1 Å². The fourth-order valence-electron chi connectivity index (χ4n) is 4.62. The van der Waals surface area contributed by atoms with Crippen LogP contribution in [0.15, 0.2) is 24.3 Å². The van der Waals surface area contributed by atoms with Gasteiger partial charge in [-0.3, -0.25) is 9.59 Å². The van der Waals surface area contributed by atoms with Gasteiger partial charge in [0.05, 0.1) is 13.6 Å². The number of nitrogens with one attached hydrogen (secondary N) is 4. The normalized spacial score (nSPS) is 23.4. The molecule has 1 heterocycles. The van der Waals surface area contributed by atoms with Crippen LogP contribution in [0, 0.1) is 0 Å². The molecular weight excluding hydrogens is 378 g/mol. The number of anilines is 1. The molecule has 1 aromatic rings. The van der Waals surface area contributed by atoms with E-state index in [1.165, 1.54) is 16.9 Å². The average molecular weight is 418 g/mol. The first kappa shape index (κ1) is 22.6. The van der Waals surface area contributed by atoms with Crippen molar-refractivity contribution >= 4 is 17.5 Å². The summed E-state index contributed by atoms with van der Waals surface area (Å²) in [5, 5.41) is 5.85. The van der Waals surface area contributed by atoms with Crippen LogP contribution in [0.2, 0.25) is 0 Å². The van der Waals surface area contributed by atoms with Gasteiger partial charge in [0.15, 0.2) is 0 Å². The fourth-order valence-corrected chi connectivity index (χ4v) is 4.62. The zero-order valence-electron chi connectivity index (χ0n) is 18.8. The van der Waals surface area contributed by atoms with Gasteiger partial charge in [-0.2, -0.15) is 0 Å². The van der Waals surface area contributed by atoms with E-state index in [2.05, 4.69) is 46.8 Å². The highest BCUT2D eigenvalue weighted by molar-refractivity contribution is 6.35. The van der Waals surface area contributed by atoms with Gasteiger partial charge in [-0.25, -0.2) is 0 Å². The number of benzene rings is 1. The molecule has 30 heavy (non-hydrogen) atoms. The molecule has 4 N–H and O–H groups in total. The summed E-state index contributed by atoms with van der Waals surface area (Å²) in [5.74, 6) is -0.990. The smallest absolute Gasteiger partial charge is 0.309 e. The largest absolute Gasteiger partial charge is 0.378 e. The maximum atomic E-state index is 12.5. The van der Waals surface area contributed by atoms with Gasteiger partial charge >= 0.3 is 11.8 Å². The Morgan fingerprint density at radius 2 is 1.63 bits per heavy atom. The van der Waals surface area contributed by atoms with E-state index in [0.717, 1.165) is 57.5 Å². The molecule has 7 heteroatoms. The number of rotatable bonds is 6. The van der Waals surface area contributed by atoms with Gasteiger partial charge in [-0.1, -0.05) is 31.4 Å². The highest BCUT2D eigenvalue weighted by atomic mass is 16.2. The zero-order chi connectivity index (χ0) is 21.5. The molecule has 0 radical (unpaired) electrons. The van der Waals surface area contributed by atoms with Gasteiger partial charge in [-0.05, 0) is 25.0 Å². The molecular formula is C23H39N5O2+2. The lowest BCUT2D eigenvalue weighted by Crippen LogP contribution is -3.27. The van der Waals surface area contributed by atoms with Crippen LogP contribution in [0.5, 0.6) is 0 Å². The number of hydrogen-bond donors (Lipinski definition) is 4. The van der Waals surface area contributed by atoms with E-state index >= 15 is 0 Å². The Bertz CT molecular complexity index is 692. The minimum Gasteiger partial charge on any atom is -0.378 e. The second-order valence-electron chi connectivity index (χ2n) is 9.17. The van der Waals surface area contributed by atoms with Gasteiger partial charge in [0.2, 0.25) is 0 Å². The summed E-state index contributed by atoms with van der Waals surface area (Å²) in [6.07, 6.45) is 5.45. The summed E-state index contributed by atoms with van der Waals surface area (Å²) in [4.78, 5) is 30.0. The SMILES string of the molecule is CN(C)c1ccc([C@@H](CNC(=O)C(=O)NC2CCCCC2)[NH+]2CC[NH+](C)CC2)cc1. The molecule has 1 aliphatic carbocycles. The Morgan fingerprint density at radius 1 is 1.00 bits per heavy atom. The van der Waals surface area contributed by atoms with Gasteiger partial charge in [0, 0.05) is 31.4 Å². The first-order chi connectivity index (χ1) is 14.4. The van der Waals surface area contributed by atoms with Crippen molar-refractivity contribution in [1.82, 2.24) is 10.6 Å². The highest BCUT2D eigenvalue weighted by Gasteiger charge is 2.30. The van der Waals surface area contributed by atoms with Crippen LogP contribution in [-0.4, -0.2) is 71.7 Å². The summed E-state index contributed by atoms with van der Waals surface area (Å²) in [7, 11) is 6.30. The number of likely N-dealkylation sites (N-methyl/N-ethyl adjacent to an activating group) is 1. The molecule has 2 aliphatic rings. The van der Waals surface area contributed by atoms with Crippen molar-refractivity contribution in [3.8, 4) is 0 Å². The monoisotopic (exact) mass is 417 g/mol. The van der Waals surface area contributed by atoms with Crippen molar-refractivity contribution in [2.45, 2.75) is 44.2 Å². The Hall–Kier alpha value is -2.12. The molecule has 1 saturated heterocycles. The van der Waals surface area contributed by atoms with Crippen LogP contribution in [0.25, 0.3) is 0 Å². The minimum absolute atomic E-state index is 0.151. The van der Waals surface area contributed by atoms with Crippen LogP contribution in [-0.2, 0) is 9.59 Å². The summed E-state index contributed by atoms with van der Waals surface area (Å²) in [5.41, 5.74) is 2.37. The van der Waals surface area contributed by atoms with E-state index < -0.39 is 11.8 Å². The predicted octanol–water partition coefficient (Wildman–Crippen LogP) is -1.23. The molecule has 0 bridgehead atoms. The van der Waals surface area contributed by atoms with Crippen molar-refractivity contribution in [1.29, 1.82) is 0 Å². The topological polar surface area (TPSA) is 70.3 Å². The molecule has 7 nitrogen and oxygen atoms in total. The van der Waals surface area contributed by atoms with Crippen molar-refractivity contribution in [2.24, 2.45) is 0 Å². The molecule has 2 fully saturated rings. The lowest BCUT2D eigenvalue weighted by atomic mass is 9.95. The number of quaternary nitrogens is 2. The van der Waals surface area contributed by atoms with Crippen molar-refractivity contribution in [3.05, 3.63) is 29.8 Å². The third kappa shape index (κ3) is 6.19. The zero-order valence-corrected chi connectivity index (χ0v) is 18.8. The van der Waals surface area contributed by atoms with Crippen LogP contribution in [0.1, 0.15) is 43.7 Å². The standard InChI is InChI=1S/C23H37N5O2/c1-26(2)20-11-9-18(10-12-20)21(28-15-13-27(3)14-16-28)17-24-22(29)23(30)25-19-7-5-4-6-8-19/h9-12,19,21H,4-8,13-17H2,1-3H3,(H,24,29)(H,25,30)/p+2/t21-/m1/s1. The number of nitrogens with zero attached hydrogens (tertiary/aromatic N) is 1. The third-order valence-electron chi connectivity index (χ3n) is 6.66. The number of hydrogen-bond acceptors (Lipinski definition) is 3. The summed E-state index contributed by atoms with van der Waals surface area (Å²) >= 11 is 0. The molecule has 1 aliphatic heterocycles. The summed E-state index contributed by atoms with van der Waals surface area (Å²) in [6, 6.07) is 8.87. The predicted molar refractivity (Wildman–Crippen MR) is 119 cm³/mol. The van der Waals surface area contributed by atoms with Crippen molar-refractivity contribution in [3.63, 3.8) is 0 Å². The average Bonchev–Trinajstić information content (AvgIpc) is 2.76. The molecule has 0 spiro atoms. The molecule has 1 aromatic carbocycles. The number of carbonyl (C=O) groups excluding carboxylic acids is 2. The lowest BCUT2D eigenvalue weighted by Gasteiger charge is -2.33. The summed E-state index contributed by atoms with van der Waals surface area (Å²) in [6.45, 7) is 4.86. The molecule has 0 aromatic heterocycles. The first-order valence-corrected chi connectivity index (χ1v) is 11.5. The quantitative estimate of drug-likeness (QED) is 0.438. The Balaban J connectivity index is 1.62. The van der Waals surface area contributed by atoms with Gasteiger partial charge in [-0.15, -0.1) is 0 Å². The van der Waals surface area contributed by atoms with E-state index in [9.17, 15) is 9.59 Å². The Labute approximate surface area is 180 Å². The number of amides is 2. The lowest BCUT2D eigenvalue weighted by molar-refractivity contribution is -1.02. The van der Waals surface area contributed by atoms with Gasteiger partial charge in [0.1, 0.15) is 32.2 Å². The van der Waals surface area contributed by atoms with E-state index in [0.29, 0.717) is 6.54 Å². The maximum Gasteiger partial charge on any atom is 0.309 e. The summed E-state index contributed by atoms with van der Waals surface area (Å²) < 4.78 is 0. The number of carbonyl (C=O) groups is 2. The van der Waals surface area contributed by atoms with Gasteiger partial charge < -0.3 is 25.3 Å². The number of piperazine rings is 1. The Kier molecular flexibility index (Phi) is 8.10. The third-order valence-corrected chi connectivity index (χ3v) is 6.66. The minimum atomic E-state index is -0.505. The van der Waals surface area contributed by atoms with Crippen molar-refractivity contribution < 1.29 is 19.4 Å². The second-order valence-corrected chi connectivity index (χ2v) is 9.17.